The molecule has 36 heavy (non-hydrogen) atoms. The van der Waals surface area contributed by atoms with Gasteiger partial charge in [0.25, 0.3) is 5.91 Å². The maximum atomic E-state index is 12.9. The fourth-order valence-electron chi connectivity index (χ4n) is 4.93. The number of hydrazone groups is 1. The Labute approximate surface area is 220 Å². The second-order valence-corrected chi connectivity index (χ2v) is 11.0. The molecule has 0 saturated carbocycles. The van der Waals surface area contributed by atoms with Crippen LogP contribution in [0.3, 0.4) is 0 Å². The van der Waals surface area contributed by atoms with Gasteiger partial charge in [0.15, 0.2) is 10.5 Å². The summed E-state index contributed by atoms with van der Waals surface area (Å²) in [5, 5.41) is 10.2. The molecule has 5 rings (SSSR count). The van der Waals surface area contributed by atoms with Gasteiger partial charge in [-0.05, 0) is 73.1 Å². The minimum absolute atomic E-state index is 0.0229. The first-order chi connectivity index (χ1) is 17.5. The van der Waals surface area contributed by atoms with Gasteiger partial charge >= 0.3 is 0 Å². The van der Waals surface area contributed by atoms with Gasteiger partial charge in [-0.1, -0.05) is 42.3 Å². The van der Waals surface area contributed by atoms with Gasteiger partial charge in [0, 0.05) is 30.3 Å². The highest BCUT2D eigenvalue weighted by molar-refractivity contribution is 8.15. The molecule has 3 aliphatic rings. The predicted octanol–water partition coefficient (Wildman–Crippen LogP) is 3.35. The fraction of sp³-hybridized carbons (Fsp3) is 0.423. The van der Waals surface area contributed by atoms with Gasteiger partial charge in [-0.15, -0.1) is 0 Å². The van der Waals surface area contributed by atoms with Crippen LogP contribution in [0.5, 0.6) is 0 Å². The molecule has 2 saturated heterocycles. The van der Waals surface area contributed by atoms with Gasteiger partial charge in [-0.2, -0.15) is 5.10 Å². The third kappa shape index (κ3) is 5.79. The number of carbonyl (C=O) groups is 2. The highest BCUT2D eigenvalue weighted by atomic mass is 35.5. The van der Waals surface area contributed by atoms with E-state index < -0.39 is 11.3 Å². The van der Waals surface area contributed by atoms with E-state index in [1.165, 1.54) is 36.6 Å². The van der Waals surface area contributed by atoms with E-state index in [4.69, 9.17) is 17.3 Å². The average molecular weight is 527 g/mol. The molecule has 190 valence electrons. The largest absolute Gasteiger partial charge is 0.367 e. The van der Waals surface area contributed by atoms with Crippen LogP contribution in [0.1, 0.15) is 36.8 Å². The minimum atomic E-state index is -0.651. The van der Waals surface area contributed by atoms with Gasteiger partial charge in [-0.25, -0.2) is 0 Å². The molecule has 0 bridgehead atoms. The van der Waals surface area contributed by atoms with Crippen molar-refractivity contribution in [1.29, 1.82) is 0 Å². The predicted molar refractivity (Wildman–Crippen MR) is 144 cm³/mol. The number of nitrogens with two attached hydrogens (primary N) is 1. The molecule has 3 N–H and O–H groups in total. The average Bonchev–Trinajstić information content (AvgIpc) is 3.49. The fourth-order valence-corrected chi connectivity index (χ4v) is 6.01. The number of nitrogens with one attached hydrogen (secondary N) is 1. The molecular weight excluding hydrogens is 496 g/mol. The summed E-state index contributed by atoms with van der Waals surface area (Å²) in [5.74, 6) is -0.449. The number of nitrogens with zero attached hydrogens (tertiary/aromatic N) is 4. The molecule has 2 amide bonds. The van der Waals surface area contributed by atoms with Crippen LogP contribution in [0.2, 0.25) is 5.02 Å². The molecular formula is C26H31ClN6O2S. The lowest BCUT2D eigenvalue weighted by molar-refractivity contribution is -0.121. The van der Waals surface area contributed by atoms with Crippen LogP contribution >= 0.6 is 23.4 Å². The first-order valence-corrected chi connectivity index (χ1v) is 13.6. The normalized spacial score (nSPS) is 22.7. The third-order valence-corrected chi connectivity index (χ3v) is 8.22. The summed E-state index contributed by atoms with van der Waals surface area (Å²) in [6, 6.07) is 15.6. The number of likely N-dealkylation sites (tertiary alicyclic amines) is 1. The zero-order chi connectivity index (χ0) is 25.1. The Morgan fingerprint density at radius 1 is 1.06 bits per heavy atom. The summed E-state index contributed by atoms with van der Waals surface area (Å²) in [6.07, 6.45) is 4.14. The number of piperidine rings is 1. The van der Waals surface area contributed by atoms with Gasteiger partial charge in [-0.3, -0.25) is 19.5 Å². The Balaban J connectivity index is 1.22. The van der Waals surface area contributed by atoms with Gasteiger partial charge in [0.2, 0.25) is 5.91 Å². The topological polar surface area (TPSA) is 94.3 Å². The number of halogens is 1. The van der Waals surface area contributed by atoms with Crippen molar-refractivity contribution < 1.29 is 9.59 Å². The zero-order valence-corrected chi connectivity index (χ0v) is 21.7. The zero-order valence-electron chi connectivity index (χ0n) is 20.1. The van der Waals surface area contributed by atoms with Gasteiger partial charge < -0.3 is 16.0 Å². The van der Waals surface area contributed by atoms with Crippen LogP contribution in [0.25, 0.3) is 0 Å². The monoisotopic (exact) mass is 526 g/mol. The quantitative estimate of drug-likeness (QED) is 0.574. The summed E-state index contributed by atoms with van der Waals surface area (Å²) in [6.45, 7) is 4.26. The minimum Gasteiger partial charge on any atom is -0.367 e. The van der Waals surface area contributed by atoms with Crippen molar-refractivity contribution in [2.75, 3.05) is 24.5 Å². The SMILES string of the molecule is NC(=O)C1SC(NCc2ccc(Cl)cc2)=NN1C1CC(=O)N(c2ccc(CN3CCCCC3)cc2)C1. The second-order valence-electron chi connectivity index (χ2n) is 9.50. The van der Waals surface area contributed by atoms with E-state index in [2.05, 4.69) is 27.5 Å². The molecule has 0 aromatic heterocycles. The number of hydrogen-bond acceptors (Lipinski definition) is 7. The van der Waals surface area contributed by atoms with Crippen molar-refractivity contribution in [3.8, 4) is 0 Å². The maximum Gasteiger partial charge on any atom is 0.252 e. The van der Waals surface area contributed by atoms with Crippen molar-refractivity contribution in [3.05, 3.63) is 64.7 Å². The van der Waals surface area contributed by atoms with E-state index in [1.807, 2.05) is 36.4 Å². The number of hydrogen-bond donors (Lipinski definition) is 2. The Bertz CT molecular complexity index is 1120. The van der Waals surface area contributed by atoms with Crippen LogP contribution in [0.4, 0.5) is 5.69 Å². The maximum absolute atomic E-state index is 12.9. The van der Waals surface area contributed by atoms with Crippen LogP contribution in [0.15, 0.2) is 53.6 Å². The molecule has 2 unspecified atom stereocenters. The van der Waals surface area contributed by atoms with Crippen LogP contribution in [-0.4, -0.2) is 57.9 Å². The van der Waals surface area contributed by atoms with E-state index in [0.717, 1.165) is 30.9 Å². The van der Waals surface area contributed by atoms with E-state index in [1.54, 1.807) is 9.91 Å². The molecule has 10 heteroatoms. The molecule has 2 atom stereocenters. The second kappa shape index (κ2) is 11.1. The molecule has 2 aromatic rings. The third-order valence-electron chi connectivity index (χ3n) is 6.85. The molecule has 0 aliphatic carbocycles. The smallest absolute Gasteiger partial charge is 0.252 e. The molecule has 2 fully saturated rings. The number of amidine groups is 1. The van der Waals surface area contributed by atoms with E-state index in [-0.39, 0.29) is 18.4 Å². The molecule has 3 aliphatic heterocycles. The lowest BCUT2D eigenvalue weighted by Crippen LogP contribution is -2.44. The lowest BCUT2D eigenvalue weighted by atomic mass is 10.1. The highest BCUT2D eigenvalue weighted by Crippen LogP contribution is 2.33. The molecule has 2 aromatic carbocycles. The van der Waals surface area contributed by atoms with Crippen molar-refractivity contribution in [3.63, 3.8) is 0 Å². The summed E-state index contributed by atoms with van der Waals surface area (Å²) >= 11 is 7.24. The van der Waals surface area contributed by atoms with E-state index >= 15 is 0 Å². The molecule has 0 radical (unpaired) electrons. The number of amides is 2. The number of benzene rings is 2. The van der Waals surface area contributed by atoms with E-state index in [0.29, 0.717) is 23.3 Å². The first-order valence-electron chi connectivity index (χ1n) is 12.4. The Hall–Kier alpha value is -2.75. The Morgan fingerprint density at radius 3 is 2.44 bits per heavy atom. The number of anilines is 1. The van der Waals surface area contributed by atoms with Crippen LogP contribution in [0, 0.1) is 0 Å². The summed E-state index contributed by atoms with van der Waals surface area (Å²) in [4.78, 5) is 29.4. The molecule has 0 spiro atoms. The number of primary amides is 1. The number of carbonyl (C=O) groups excluding carboxylic acids is 2. The standard InChI is InChI=1S/C26H31ClN6O2S/c27-20-8-4-18(5-9-20)15-29-26-30-33(25(36-26)24(28)35)22-14-23(34)32(17-22)21-10-6-19(7-11-21)16-31-12-2-1-3-13-31/h4-11,22,25H,1-3,12-17H2,(H2,28,35)(H,29,30). The van der Waals surface area contributed by atoms with Crippen molar-refractivity contribution in [2.45, 2.75) is 50.2 Å². The summed E-state index contributed by atoms with van der Waals surface area (Å²) in [5.41, 5.74) is 8.87. The molecule has 3 heterocycles. The van der Waals surface area contributed by atoms with Gasteiger partial charge in [0.1, 0.15) is 0 Å². The van der Waals surface area contributed by atoms with Crippen LogP contribution < -0.4 is 16.0 Å². The summed E-state index contributed by atoms with van der Waals surface area (Å²) in [7, 11) is 0. The molecule has 8 nitrogen and oxygen atoms in total. The van der Waals surface area contributed by atoms with Crippen LogP contribution in [-0.2, 0) is 22.7 Å². The van der Waals surface area contributed by atoms with E-state index in [9.17, 15) is 9.59 Å². The summed E-state index contributed by atoms with van der Waals surface area (Å²) < 4.78 is 0. The number of rotatable bonds is 7. The lowest BCUT2D eigenvalue weighted by Gasteiger charge is -2.27. The highest BCUT2D eigenvalue weighted by Gasteiger charge is 2.42. The first kappa shape index (κ1) is 24.9. The van der Waals surface area contributed by atoms with Crippen molar-refractivity contribution in [1.82, 2.24) is 15.2 Å². The Morgan fingerprint density at radius 2 is 1.75 bits per heavy atom. The van der Waals surface area contributed by atoms with Crippen molar-refractivity contribution >= 4 is 46.0 Å². The van der Waals surface area contributed by atoms with Gasteiger partial charge in [0.05, 0.1) is 12.5 Å². The van der Waals surface area contributed by atoms with Crippen molar-refractivity contribution in [2.24, 2.45) is 10.8 Å². The number of thioether (sulfide) groups is 1. The Kier molecular flexibility index (Phi) is 7.69.